The number of nitrogens with one attached hydrogen (secondary N) is 2. The van der Waals surface area contributed by atoms with Crippen LogP contribution in [0.1, 0.15) is 31.0 Å². The van der Waals surface area contributed by atoms with Crippen molar-refractivity contribution in [3.63, 3.8) is 0 Å². The molecule has 146 valence electrons. The summed E-state index contributed by atoms with van der Waals surface area (Å²) in [4.78, 5) is 38.5. The van der Waals surface area contributed by atoms with E-state index in [0.29, 0.717) is 15.6 Å². The topological polar surface area (TPSA) is 78.5 Å². The molecule has 1 fully saturated rings. The molecule has 0 radical (unpaired) electrons. The third-order valence-electron chi connectivity index (χ3n) is 4.72. The zero-order valence-electron chi connectivity index (χ0n) is 15.3. The number of carbonyl (C=O) groups excluding carboxylic acids is 3. The minimum Gasteiger partial charge on any atom is -0.348 e. The smallest absolute Gasteiger partial charge is 0.325 e. The highest BCUT2D eigenvalue weighted by atomic mass is 35.5. The maximum absolute atomic E-state index is 12.9. The lowest BCUT2D eigenvalue weighted by atomic mass is 9.92. The molecule has 0 aromatic heterocycles. The first-order valence-corrected chi connectivity index (χ1v) is 9.41. The lowest BCUT2D eigenvalue weighted by Crippen LogP contribution is -2.43. The number of carbonyl (C=O) groups is 3. The molecule has 0 spiro atoms. The van der Waals surface area contributed by atoms with Crippen molar-refractivity contribution < 1.29 is 14.4 Å². The summed E-state index contributed by atoms with van der Waals surface area (Å²) in [6, 6.07) is 12.8. The van der Waals surface area contributed by atoms with Gasteiger partial charge in [-0.3, -0.25) is 14.5 Å². The largest absolute Gasteiger partial charge is 0.348 e. The van der Waals surface area contributed by atoms with Crippen LogP contribution in [0.4, 0.5) is 4.79 Å². The second kappa shape index (κ2) is 7.81. The van der Waals surface area contributed by atoms with E-state index < -0.39 is 23.4 Å². The minimum atomic E-state index is -1.25. The summed E-state index contributed by atoms with van der Waals surface area (Å²) in [5.41, 5.74) is 0.162. The fourth-order valence-corrected chi connectivity index (χ4v) is 3.43. The van der Waals surface area contributed by atoms with Crippen molar-refractivity contribution in [3.8, 4) is 0 Å². The quantitative estimate of drug-likeness (QED) is 0.726. The summed E-state index contributed by atoms with van der Waals surface area (Å²) in [5, 5.41) is 6.52. The third kappa shape index (κ3) is 3.98. The van der Waals surface area contributed by atoms with Gasteiger partial charge in [-0.1, -0.05) is 47.5 Å². The third-order valence-corrected chi connectivity index (χ3v) is 5.21. The van der Waals surface area contributed by atoms with Crippen molar-refractivity contribution in [2.75, 3.05) is 6.54 Å². The van der Waals surface area contributed by atoms with Crippen LogP contribution in [0.15, 0.2) is 48.5 Å². The van der Waals surface area contributed by atoms with E-state index in [9.17, 15) is 14.4 Å². The van der Waals surface area contributed by atoms with Gasteiger partial charge in [0.25, 0.3) is 5.91 Å². The highest BCUT2D eigenvalue weighted by molar-refractivity contribution is 6.30. The molecule has 1 aliphatic rings. The van der Waals surface area contributed by atoms with Crippen molar-refractivity contribution in [2.24, 2.45) is 0 Å². The zero-order chi connectivity index (χ0) is 20.5. The fraction of sp³-hybridized carbons (Fsp3) is 0.250. The molecule has 2 aromatic carbocycles. The number of hydrogen-bond acceptors (Lipinski definition) is 3. The van der Waals surface area contributed by atoms with E-state index in [-0.39, 0.29) is 12.6 Å². The molecule has 1 saturated heterocycles. The fourth-order valence-electron chi connectivity index (χ4n) is 3.11. The number of amides is 4. The number of benzene rings is 2. The van der Waals surface area contributed by atoms with Crippen molar-refractivity contribution >= 4 is 41.0 Å². The number of hydrogen-bond donors (Lipinski definition) is 2. The number of urea groups is 1. The molecule has 8 heteroatoms. The van der Waals surface area contributed by atoms with Gasteiger partial charge in [0.1, 0.15) is 12.1 Å². The van der Waals surface area contributed by atoms with Gasteiger partial charge in [0.15, 0.2) is 0 Å². The molecule has 2 aromatic rings. The molecule has 0 saturated carbocycles. The Morgan fingerprint density at radius 2 is 1.82 bits per heavy atom. The summed E-state index contributed by atoms with van der Waals surface area (Å²) in [6.07, 6.45) is 0. The molecule has 3 rings (SSSR count). The number of imide groups is 1. The molecule has 28 heavy (non-hydrogen) atoms. The van der Waals surface area contributed by atoms with Gasteiger partial charge in [0.05, 0.1) is 6.04 Å². The molecule has 2 N–H and O–H groups in total. The molecule has 0 bridgehead atoms. The second-order valence-electron chi connectivity index (χ2n) is 6.80. The van der Waals surface area contributed by atoms with Crippen molar-refractivity contribution in [1.29, 1.82) is 0 Å². The Balaban J connectivity index is 1.70. The Bertz CT molecular complexity index is 933. The Kier molecular flexibility index (Phi) is 5.63. The molecule has 4 amide bonds. The summed E-state index contributed by atoms with van der Waals surface area (Å²) >= 11 is 11.9. The molecule has 2 atom stereocenters. The highest BCUT2D eigenvalue weighted by Crippen LogP contribution is 2.29. The van der Waals surface area contributed by atoms with E-state index in [4.69, 9.17) is 23.2 Å². The average molecular weight is 420 g/mol. The first kappa shape index (κ1) is 20.2. The van der Waals surface area contributed by atoms with Crippen LogP contribution in [-0.4, -0.2) is 29.3 Å². The van der Waals surface area contributed by atoms with E-state index in [1.165, 1.54) is 0 Å². The lowest BCUT2D eigenvalue weighted by molar-refractivity contribution is -0.135. The summed E-state index contributed by atoms with van der Waals surface area (Å²) < 4.78 is 0. The predicted molar refractivity (Wildman–Crippen MR) is 107 cm³/mol. The molecule has 1 heterocycles. The standard InChI is InChI=1S/C20H19Cl2N3O3/c1-12(13-4-3-5-16(22)10-13)23-17(26)11-25-18(27)20(2,24-19(25)28)14-6-8-15(21)9-7-14/h3-10,12H,11H2,1-2H3,(H,23,26)(H,24,28). The van der Waals surface area contributed by atoms with Crippen molar-refractivity contribution in [3.05, 3.63) is 69.7 Å². The van der Waals surface area contributed by atoms with Crippen LogP contribution >= 0.6 is 23.2 Å². The second-order valence-corrected chi connectivity index (χ2v) is 7.67. The molecular weight excluding hydrogens is 401 g/mol. The molecule has 0 aliphatic carbocycles. The maximum atomic E-state index is 12.9. The van der Waals surface area contributed by atoms with E-state index >= 15 is 0 Å². The number of nitrogens with zero attached hydrogens (tertiary/aromatic N) is 1. The van der Waals surface area contributed by atoms with Crippen LogP contribution in [0, 0.1) is 0 Å². The summed E-state index contributed by atoms with van der Waals surface area (Å²) in [7, 11) is 0. The Morgan fingerprint density at radius 1 is 1.14 bits per heavy atom. The Morgan fingerprint density at radius 3 is 2.46 bits per heavy atom. The van der Waals surface area contributed by atoms with Crippen molar-refractivity contribution in [2.45, 2.75) is 25.4 Å². The van der Waals surface area contributed by atoms with Crippen LogP contribution in [0.2, 0.25) is 10.0 Å². The van der Waals surface area contributed by atoms with Gasteiger partial charge in [-0.25, -0.2) is 4.79 Å². The van der Waals surface area contributed by atoms with Gasteiger partial charge in [0.2, 0.25) is 5.91 Å². The highest BCUT2D eigenvalue weighted by Gasteiger charge is 2.49. The van der Waals surface area contributed by atoms with Crippen LogP contribution in [-0.2, 0) is 15.1 Å². The number of halogens is 2. The van der Waals surface area contributed by atoms with Gasteiger partial charge >= 0.3 is 6.03 Å². The van der Waals surface area contributed by atoms with Crippen LogP contribution in [0.3, 0.4) is 0 Å². The first-order chi connectivity index (χ1) is 13.2. The SMILES string of the molecule is CC(NC(=O)CN1C(=O)NC(C)(c2ccc(Cl)cc2)C1=O)c1cccc(Cl)c1. The minimum absolute atomic E-state index is 0.324. The number of rotatable bonds is 5. The van der Waals surface area contributed by atoms with Crippen molar-refractivity contribution in [1.82, 2.24) is 15.5 Å². The van der Waals surface area contributed by atoms with E-state index in [1.807, 2.05) is 6.07 Å². The van der Waals surface area contributed by atoms with Crippen LogP contribution < -0.4 is 10.6 Å². The molecule has 1 aliphatic heterocycles. The van der Waals surface area contributed by atoms with Crippen LogP contribution in [0.5, 0.6) is 0 Å². The van der Waals surface area contributed by atoms with E-state index in [0.717, 1.165) is 10.5 Å². The van der Waals surface area contributed by atoms with Crippen LogP contribution in [0.25, 0.3) is 0 Å². The zero-order valence-corrected chi connectivity index (χ0v) is 16.8. The first-order valence-electron chi connectivity index (χ1n) is 8.65. The lowest BCUT2D eigenvalue weighted by Gasteiger charge is -2.22. The predicted octanol–water partition coefficient (Wildman–Crippen LogP) is 3.64. The monoisotopic (exact) mass is 419 g/mol. The summed E-state index contributed by atoms with van der Waals surface area (Å²) in [6.45, 7) is 3.02. The molecular formula is C20H19Cl2N3O3. The Labute approximate surface area is 172 Å². The Hall–Kier alpha value is -2.57. The van der Waals surface area contributed by atoms with E-state index in [2.05, 4.69) is 10.6 Å². The van der Waals surface area contributed by atoms with Gasteiger partial charge < -0.3 is 10.6 Å². The van der Waals surface area contributed by atoms with E-state index in [1.54, 1.807) is 56.3 Å². The average Bonchev–Trinajstić information content (AvgIpc) is 2.86. The molecule has 2 unspecified atom stereocenters. The van der Waals surface area contributed by atoms with Gasteiger partial charge in [0, 0.05) is 10.0 Å². The van der Waals surface area contributed by atoms with Gasteiger partial charge in [-0.05, 0) is 49.2 Å². The maximum Gasteiger partial charge on any atom is 0.325 e. The van der Waals surface area contributed by atoms with Gasteiger partial charge in [-0.2, -0.15) is 0 Å². The molecule has 6 nitrogen and oxygen atoms in total. The van der Waals surface area contributed by atoms with Gasteiger partial charge in [-0.15, -0.1) is 0 Å². The summed E-state index contributed by atoms with van der Waals surface area (Å²) in [5.74, 6) is -0.943. The normalized spacial score (nSPS) is 20.1.